The van der Waals surface area contributed by atoms with Crippen LogP contribution in [0.3, 0.4) is 0 Å². The maximum Gasteiger partial charge on any atom is 0.291 e. The Labute approximate surface area is 176 Å². The Morgan fingerprint density at radius 1 is 1.00 bits per heavy atom. The third-order valence-electron chi connectivity index (χ3n) is 3.75. The van der Waals surface area contributed by atoms with Gasteiger partial charge >= 0.3 is 0 Å². The fourth-order valence-corrected chi connectivity index (χ4v) is 3.52. The van der Waals surface area contributed by atoms with E-state index in [1.807, 2.05) is 12.1 Å². The van der Waals surface area contributed by atoms with E-state index in [0.717, 1.165) is 4.90 Å². The summed E-state index contributed by atoms with van der Waals surface area (Å²) in [7, 11) is 0. The highest BCUT2D eigenvalue weighted by atomic mass is 35.5. The Morgan fingerprint density at radius 3 is 2.43 bits per heavy atom. The average molecular weight is 435 g/mol. The van der Waals surface area contributed by atoms with Crippen molar-refractivity contribution in [2.24, 2.45) is 0 Å². The van der Waals surface area contributed by atoms with Gasteiger partial charge in [0.1, 0.15) is 0 Å². The predicted molar refractivity (Wildman–Crippen MR) is 114 cm³/mol. The van der Waals surface area contributed by atoms with Crippen molar-refractivity contribution >= 4 is 58.2 Å². The first kappa shape index (κ1) is 20.3. The minimum Gasteiger partial charge on any atom is -0.459 e. The van der Waals surface area contributed by atoms with Crippen LogP contribution in [0.15, 0.2) is 70.2 Å². The zero-order valence-electron chi connectivity index (χ0n) is 14.7. The fourth-order valence-electron chi connectivity index (χ4n) is 2.31. The molecule has 8 heteroatoms. The Bertz CT molecular complexity index is 976. The topological polar surface area (TPSA) is 71.3 Å². The van der Waals surface area contributed by atoms with Crippen molar-refractivity contribution in [3.05, 3.63) is 76.7 Å². The second kappa shape index (κ2) is 9.19. The lowest BCUT2D eigenvalue weighted by molar-refractivity contribution is -0.115. The van der Waals surface area contributed by atoms with Crippen molar-refractivity contribution in [2.45, 2.75) is 17.1 Å². The number of anilines is 2. The average Bonchev–Trinajstić information content (AvgIpc) is 3.22. The summed E-state index contributed by atoms with van der Waals surface area (Å²) in [5.41, 5.74) is 1.11. The van der Waals surface area contributed by atoms with Crippen LogP contribution in [0, 0.1) is 0 Å². The van der Waals surface area contributed by atoms with Gasteiger partial charge in [-0.15, -0.1) is 11.8 Å². The Balaban J connectivity index is 1.58. The highest BCUT2D eigenvalue weighted by Gasteiger charge is 2.17. The van der Waals surface area contributed by atoms with Crippen LogP contribution in [-0.4, -0.2) is 17.1 Å². The maximum absolute atomic E-state index is 12.4. The van der Waals surface area contributed by atoms with Crippen molar-refractivity contribution in [1.82, 2.24) is 0 Å². The Hall–Kier alpha value is -2.41. The molecule has 2 aromatic carbocycles. The van der Waals surface area contributed by atoms with E-state index in [2.05, 4.69) is 10.6 Å². The van der Waals surface area contributed by atoms with E-state index in [9.17, 15) is 9.59 Å². The zero-order valence-corrected chi connectivity index (χ0v) is 17.1. The summed E-state index contributed by atoms with van der Waals surface area (Å²) in [6.07, 6.45) is 1.44. The summed E-state index contributed by atoms with van der Waals surface area (Å²) in [6.45, 7) is 1.80. The summed E-state index contributed by atoms with van der Waals surface area (Å²) in [5.74, 6) is -0.274. The van der Waals surface area contributed by atoms with Gasteiger partial charge in [0.25, 0.3) is 5.91 Å². The standard InChI is InChI=1S/C20H16Cl2N2O3S/c1-12(19(25)24-16-5-2-4-15(21)18(16)22)28-14-9-7-13(8-10-14)23-20(26)17-6-3-11-27-17/h2-12H,1H3,(H,23,26)(H,24,25). The number of halogens is 2. The first-order chi connectivity index (χ1) is 13.4. The van der Waals surface area contributed by atoms with Gasteiger partial charge in [-0.3, -0.25) is 9.59 Å². The molecule has 0 saturated carbocycles. The summed E-state index contributed by atoms with van der Waals surface area (Å²) < 4.78 is 5.06. The molecule has 3 rings (SSSR count). The van der Waals surface area contributed by atoms with Gasteiger partial charge in [0.2, 0.25) is 5.91 Å². The molecule has 28 heavy (non-hydrogen) atoms. The van der Waals surface area contributed by atoms with Crippen LogP contribution in [-0.2, 0) is 4.79 Å². The number of hydrogen-bond donors (Lipinski definition) is 2. The first-order valence-corrected chi connectivity index (χ1v) is 9.94. The van der Waals surface area contributed by atoms with E-state index in [4.69, 9.17) is 27.6 Å². The third-order valence-corrected chi connectivity index (χ3v) is 5.68. The normalized spacial score (nSPS) is 11.7. The van der Waals surface area contributed by atoms with Gasteiger partial charge in [0, 0.05) is 10.6 Å². The highest BCUT2D eigenvalue weighted by molar-refractivity contribution is 8.00. The van der Waals surface area contributed by atoms with E-state index >= 15 is 0 Å². The van der Waals surface area contributed by atoms with E-state index in [-0.39, 0.29) is 22.8 Å². The molecule has 2 amide bonds. The van der Waals surface area contributed by atoms with Crippen LogP contribution in [0.5, 0.6) is 0 Å². The molecule has 5 nitrogen and oxygen atoms in total. The summed E-state index contributed by atoms with van der Waals surface area (Å²) in [6, 6.07) is 15.5. The summed E-state index contributed by atoms with van der Waals surface area (Å²) in [4.78, 5) is 25.3. The van der Waals surface area contributed by atoms with Crippen molar-refractivity contribution in [1.29, 1.82) is 0 Å². The molecule has 2 N–H and O–H groups in total. The summed E-state index contributed by atoms with van der Waals surface area (Å²) in [5, 5.41) is 5.85. The largest absolute Gasteiger partial charge is 0.459 e. The quantitative estimate of drug-likeness (QED) is 0.469. The van der Waals surface area contributed by atoms with Gasteiger partial charge in [-0.25, -0.2) is 0 Å². The predicted octanol–water partition coefficient (Wildman–Crippen LogP) is 5.96. The van der Waals surface area contributed by atoms with Crippen molar-refractivity contribution in [3.8, 4) is 0 Å². The van der Waals surface area contributed by atoms with Crippen LogP contribution >= 0.6 is 35.0 Å². The van der Waals surface area contributed by atoms with Gasteiger partial charge in [0.05, 0.1) is 27.2 Å². The lowest BCUT2D eigenvalue weighted by Gasteiger charge is -2.13. The maximum atomic E-state index is 12.4. The third kappa shape index (κ3) is 5.10. The molecule has 0 fully saturated rings. The molecule has 3 aromatic rings. The fraction of sp³-hybridized carbons (Fsp3) is 0.100. The van der Waals surface area contributed by atoms with Gasteiger partial charge in [-0.1, -0.05) is 29.3 Å². The molecule has 0 radical (unpaired) electrons. The molecule has 0 saturated heterocycles. The number of carbonyl (C=O) groups excluding carboxylic acids is 2. The van der Waals surface area contributed by atoms with Crippen molar-refractivity contribution < 1.29 is 14.0 Å². The van der Waals surface area contributed by atoms with E-state index in [0.29, 0.717) is 21.4 Å². The molecule has 0 aliphatic carbocycles. The molecule has 1 atom stereocenters. The number of nitrogens with one attached hydrogen (secondary N) is 2. The first-order valence-electron chi connectivity index (χ1n) is 8.30. The van der Waals surface area contributed by atoms with E-state index in [1.54, 1.807) is 49.4 Å². The number of benzene rings is 2. The SMILES string of the molecule is CC(Sc1ccc(NC(=O)c2ccco2)cc1)C(=O)Nc1cccc(Cl)c1Cl. The van der Waals surface area contributed by atoms with Crippen LogP contribution in [0.25, 0.3) is 0 Å². The monoisotopic (exact) mass is 434 g/mol. The molecule has 0 aliphatic heterocycles. The molecule has 0 bridgehead atoms. The van der Waals surface area contributed by atoms with Crippen LogP contribution in [0.4, 0.5) is 11.4 Å². The second-order valence-electron chi connectivity index (χ2n) is 5.81. The van der Waals surface area contributed by atoms with Crippen LogP contribution in [0.2, 0.25) is 10.0 Å². The van der Waals surface area contributed by atoms with Crippen molar-refractivity contribution in [2.75, 3.05) is 10.6 Å². The smallest absolute Gasteiger partial charge is 0.291 e. The molecule has 1 heterocycles. The van der Waals surface area contributed by atoms with Gasteiger partial charge in [-0.2, -0.15) is 0 Å². The Kier molecular flexibility index (Phi) is 6.67. The van der Waals surface area contributed by atoms with Gasteiger partial charge in [0.15, 0.2) is 5.76 Å². The molecular weight excluding hydrogens is 419 g/mol. The number of furan rings is 1. The van der Waals surface area contributed by atoms with Crippen LogP contribution in [0.1, 0.15) is 17.5 Å². The Morgan fingerprint density at radius 2 is 1.75 bits per heavy atom. The molecule has 1 unspecified atom stereocenters. The molecular formula is C20H16Cl2N2O3S. The molecule has 0 spiro atoms. The van der Waals surface area contributed by atoms with Gasteiger partial charge < -0.3 is 15.1 Å². The highest BCUT2D eigenvalue weighted by Crippen LogP contribution is 2.31. The second-order valence-corrected chi connectivity index (χ2v) is 8.01. The van der Waals surface area contributed by atoms with Gasteiger partial charge in [-0.05, 0) is 55.5 Å². The number of hydrogen-bond acceptors (Lipinski definition) is 4. The number of thioether (sulfide) groups is 1. The van der Waals surface area contributed by atoms with E-state index < -0.39 is 0 Å². The number of carbonyl (C=O) groups is 2. The minimum absolute atomic E-state index is 0.190. The number of rotatable bonds is 6. The molecule has 0 aliphatic rings. The van der Waals surface area contributed by atoms with Crippen LogP contribution < -0.4 is 10.6 Å². The zero-order chi connectivity index (χ0) is 20.1. The minimum atomic E-state index is -0.362. The lowest BCUT2D eigenvalue weighted by Crippen LogP contribution is -2.22. The lowest BCUT2D eigenvalue weighted by atomic mass is 10.3. The summed E-state index contributed by atoms with van der Waals surface area (Å²) >= 11 is 13.5. The van der Waals surface area contributed by atoms with Crippen molar-refractivity contribution in [3.63, 3.8) is 0 Å². The number of amides is 2. The molecule has 144 valence electrons. The van der Waals surface area contributed by atoms with E-state index in [1.165, 1.54) is 18.0 Å². The molecule has 1 aromatic heterocycles.